The highest BCUT2D eigenvalue weighted by Crippen LogP contribution is 2.14. The molecule has 0 aromatic rings. The minimum Gasteiger partial charge on any atom is -0.481 e. The van der Waals surface area contributed by atoms with Gasteiger partial charge < -0.3 is 15.1 Å². The van der Waals surface area contributed by atoms with Crippen molar-refractivity contribution in [2.24, 2.45) is 5.92 Å². The fourth-order valence-corrected chi connectivity index (χ4v) is 1.45. The molecule has 1 amide bonds. The Morgan fingerprint density at radius 3 is 2.50 bits per heavy atom. The largest absolute Gasteiger partial charge is 0.481 e. The quantitative estimate of drug-likeness (QED) is 0.583. The van der Waals surface area contributed by atoms with E-state index in [4.69, 9.17) is 10.2 Å². The van der Waals surface area contributed by atoms with E-state index in [9.17, 15) is 14.4 Å². The highest BCUT2D eigenvalue weighted by atomic mass is 16.4. The van der Waals surface area contributed by atoms with Gasteiger partial charge in [-0.05, 0) is 12.8 Å². The molecule has 1 aliphatic heterocycles. The third kappa shape index (κ3) is 2.21. The van der Waals surface area contributed by atoms with Gasteiger partial charge in [0, 0.05) is 6.54 Å². The number of likely N-dealkylation sites (tertiary alicyclic amines) is 1. The number of carbonyl (C=O) groups is 3. The first-order chi connectivity index (χ1) is 6.52. The van der Waals surface area contributed by atoms with Crippen LogP contribution in [0.4, 0.5) is 4.79 Å². The van der Waals surface area contributed by atoms with E-state index in [0.717, 1.165) is 4.90 Å². The molecule has 2 N–H and O–H groups in total. The molecule has 0 spiro atoms. The molecule has 1 atom stereocenters. The van der Waals surface area contributed by atoms with Gasteiger partial charge in [0.05, 0.1) is 6.54 Å². The van der Waals surface area contributed by atoms with Crippen LogP contribution >= 0.6 is 0 Å². The Labute approximate surface area is 80.1 Å². The van der Waals surface area contributed by atoms with Gasteiger partial charge in [-0.3, -0.25) is 9.59 Å². The molecular weight excluding hydrogens is 190 g/mol. The van der Waals surface area contributed by atoms with Crippen LogP contribution < -0.4 is 0 Å². The molecule has 6 nitrogen and oxygen atoms in total. The topological polar surface area (TPSA) is 94.9 Å². The van der Waals surface area contributed by atoms with Crippen molar-refractivity contribution in [3.05, 3.63) is 0 Å². The summed E-state index contributed by atoms with van der Waals surface area (Å²) in [4.78, 5) is 33.4. The summed E-state index contributed by atoms with van der Waals surface area (Å²) in [5.74, 6) is -2.74. The Balaban J connectivity index is 2.70. The molecule has 0 radical (unpaired) electrons. The van der Waals surface area contributed by atoms with E-state index in [-0.39, 0.29) is 19.5 Å². The Morgan fingerprint density at radius 2 is 2.00 bits per heavy atom. The third-order valence-electron chi connectivity index (χ3n) is 2.22. The number of rotatable bonds is 1. The maximum absolute atomic E-state index is 11.3. The highest BCUT2D eigenvalue weighted by molar-refractivity contribution is 6.00. The van der Waals surface area contributed by atoms with Crippen LogP contribution in [0.3, 0.4) is 0 Å². The molecule has 1 rings (SSSR count). The number of aliphatic carboxylic acids is 1. The maximum atomic E-state index is 11.3. The van der Waals surface area contributed by atoms with Gasteiger partial charge in [-0.15, -0.1) is 0 Å². The molecular formula is C8H11NO5. The Hall–Kier alpha value is -1.59. The van der Waals surface area contributed by atoms with Gasteiger partial charge in [0.2, 0.25) is 0 Å². The molecule has 0 aromatic carbocycles. The van der Waals surface area contributed by atoms with Crippen molar-refractivity contribution in [1.82, 2.24) is 4.90 Å². The van der Waals surface area contributed by atoms with Crippen LogP contribution in [0.1, 0.15) is 12.8 Å². The normalized spacial score (nSPS) is 23.0. The monoisotopic (exact) mass is 201 g/mol. The predicted octanol–water partition coefficient (Wildman–Crippen LogP) is 0.0301. The first-order valence-electron chi connectivity index (χ1n) is 4.25. The minimum absolute atomic E-state index is 0.220. The second kappa shape index (κ2) is 4.08. The number of carboxylic acids is 1. The van der Waals surface area contributed by atoms with Crippen LogP contribution in [0, 0.1) is 5.92 Å². The molecule has 1 heterocycles. The molecule has 0 aromatic heterocycles. The number of Topliss-reactive ketones (excluding diaryl/α,β-unsaturated/α-hetero) is 1. The van der Waals surface area contributed by atoms with Crippen molar-refractivity contribution in [3.63, 3.8) is 0 Å². The Kier molecular flexibility index (Phi) is 3.06. The second-order valence-corrected chi connectivity index (χ2v) is 3.20. The third-order valence-corrected chi connectivity index (χ3v) is 2.22. The fourth-order valence-electron chi connectivity index (χ4n) is 1.45. The lowest BCUT2D eigenvalue weighted by Crippen LogP contribution is -2.36. The van der Waals surface area contributed by atoms with Gasteiger partial charge >= 0.3 is 12.1 Å². The Morgan fingerprint density at radius 1 is 1.36 bits per heavy atom. The summed E-state index contributed by atoms with van der Waals surface area (Å²) in [6.45, 7) is -0.0862. The van der Waals surface area contributed by atoms with Gasteiger partial charge in [-0.25, -0.2) is 4.79 Å². The molecule has 0 bridgehead atoms. The zero-order chi connectivity index (χ0) is 10.7. The number of amides is 1. The fraction of sp³-hybridized carbons (Fsp3) is 0.625. The van der Waals surface area contributed by atoms with Gasteiger partial charge in [-0.2, -0.15) is 0 Å². The van der Waals surface area contributed by atoms with Crippen LogP contribution in [-0.4, -0.2) is 46.0 Å². The lowest BCUT2D eigenvalue weighted by Gasteiger charge is -2.14. The maximum Gasteiger partial charge on any atom is 0.407 e. The first-order valence-corrected chi connectivity index (χ1v) is 4.25. The zero-order valence-corrected chi connectivity index (χ0v) is 7.47. The summed E-state index contributed by atoms with van der Waals surface area (Å²) >= 11 is 0. The lowest BCUT2D eigenvalue weighted by atomic mass is 10.0. The number of nitrogens with zero attached hydrogens (tertiary/aromatic N) is 1. The molecule has 1 saturated heterocycles. The van der Waals surface area contributed by atoms with Crippen molar-refractivity contribution >= 4 is 17.8 Å². The molecule has 6 heteroatoms. The standard InChI is InChI=1S/C8H11NO5/c10-6-4-9(8(13)14)3-1-2-5(6)7(11)12/h5H,1-4H2,(H,11,12)(H,13,14). The van der Waals surface area contributed by atoms with E-state index in [2.05, 4.69) is 0 Å². The van der Waals surface area contributed by atoms with Crippen LogP contribution in [0.5, 0.6) is 0 Å². The molecule has 1 unspecified atom stereocenters. The van der Waals surface area contributed by atoms with Gasteiger partial charge in [0.15, 0.2) is 5.78 Å². The van der Waals surface area contributed by atoms with E-state index >= 15 is 0 Å². The van der Waals surface area contributed by atoms with E-state index < -0.39 is 23.8 Å². The summed E-state index contributed by atoms with van der Waals surface area (Å²) in [6, 6.07) is 0. The van der Waals surface area contributed by atoms with E-state index in [1.807, 2.05) is 0 Å². The molecule has 14 heavy (non-hydrogen) atoms. The van der Waals surface area contributed by atoms with Crippen molar-refractivity contribution < 1.29 is 24.6 Å². The number of carbonyl (C=O) groups excluding carboxylic acids is 1. The van der Waals surface area contributed by atoms with Crippen molar-refractivity contribution in [2.75, 3.05) is 13.1 Å². The van der Waals surface area contributed by atoms with Crippen LogP contribution in [-0.2, 0) is 9.59 Å². The number of hydrogen-bond acceptors (Lipinski definition) is 3. The number of hydrogen-bond donors (Lipinski definition) is 2. The summed E-state index contributed by atoms with van der Waals surface area (Å²) in [7, 11) is 0. The molecule has 78 valence electrons. The highest BCUT2D eigenvalue weighted by Gasteiger charge is 2.31. The van der Waals surface area contributed by atoms with Gasteiger partial charge in [-0.1, -0.05) is 0 Å². The van der Waals surface area contributed by atoms with Crippen molar-refractivity contribution in [3.8, 4) is 0 Å². The summed E-state index contributed by atoms with van der Waals surface area (Å²) in [6.07, 6.45) is -0.545. The van der Waals surface area contributed by atoms with Crippen LogP contribution in [0.25, 0.3) is 0 Å². The second-order valence-electron chi connectivity index (χ2n) is 3.20. The van der Waals surface area contributed by atoms with E-state index in [1.54, 1.807) is 0 Å². The molecule has 0 saturated carbocycles. The Bertz CT molecular complexity index is 275. The first kappa shape index (κ1) is 10.5. The van der Waals surface area contributed by atoms with E-state index in [1.165, 1.54) is 0 Å². The van der Waals surface area contributed by atoms with Crippen molar-refractivity contribution in [1.29, 1.82) is 0 Å². The SMILES string of the molecule is O=C(O)C1CCCN(C(=O)O)CC1=O. The minimum atomic E-state index is -1.18. The smallest absolute Gasteiger partial charge is 0.407 e. The zero-order valence-electron chi connectivity index (χ0n) is 7.47. The molecule has 1 aliphatic rings. The average Bonchev–Trinajstić information content (AvgIpc) is 2.26. The molecule has 0 aliphatic carbocycles. The van der Waals surface area contributed by atoms with Crippen LogP contribution in [0.15, 0.2) is 0 Å². The van der Waals surface area contributed by atoms with Gasteiger partial charge in [0.1, 0.15) is 5.92 Å². The summed E-state index contributed by atoms with van der Waals surface area (Å²) in [5.41, 5.74) is 0. The lowest BCUT2D eigenvalue weighted by molar-refractivity contribution is -0.146. The van der Waals surface area contributed by atoms with Crippen LogP contribution in [0.2, 0.25) is 0 Å². The predicted molar refractivity (Wildman–Crippen MR) is 45.0 cm³/mol. The number of ketones is 1. The summed E-state index contributed by atoms with van der Waals surface area (Å²) in [5, 5.41) is 17.3. The number of carboxylic acid groups (broad SMARTS) is 2. The van der Waals surface area contributed by atoms with Crippen molar-refractivity contribution in [2.45, 2.75) is 12.8 Å². The average molecular weight is 201 g/mol. The van der Waals surface area contributed by atoms with E-state index in [0.29, 0.717) is 6.42 Å². The summed E-state index contributed by atoms with van der Waals surface area (Å²) < 4.78 is 0. The molecule has 1 fully saturated rings. The van der Waals surface area contributed by atoms with Gasteiger partial charge in [0.25, 0.3) is 0 Å².